The highest BCUT2D eigenvalue weighted by Crippen LogP contribution is 2.29. The maximum Gasteiger partial charge on any atom is 0.265 e. The second kappa shape index (κ2) is 8.41. The molecule has 0 aromatic heterocycles. The Morgan fingerprint density at radius 1 is 0.852 bits per heavy atom. The predicted octanol–water partition coefficient (Wildman–Crippen LogP) is 5.50. The van der Waals surface area contributed by atoms with Crippen LogP contribution in [-0.2, 0) is 4.79 Å². The van der Waals surface area contributed by atoms with Gasteiger partial charge < -0.3 is 14.8 Å². The number of amides is 1. The van der Waals surface area contributed by atoms with Gasteiger partial charge in [-0.3, -0.25) is 4.79 Å². The number of carbonyl (C=O) groups excluding carboxylic acids is 1. The van der Waals surface area contributed by atoms with Crippen LogP contribution in [0.15, 0.2) is 72.8 Å². The first kappa shape index (κ1) is 18.5. The standard InChI is InChI=1S/C23H23NO3/c1-16-13-17(2)15-20(14-16)26-18(3)23(25)24-21-11-7-8-12-22(21)27-19-9-5-4-6-10-19/h4-15,18H,1-3H3,(H,24,25)/t18-/m0/s1. The Hall–Kier alpha value is -3.27. The topological polar surface area (TPSA) is 47.6 Å². The van der Waals surface area contributed by atoms with Crippen molar-refractivity contribution in [2.45, 2.75) is 26.9 Å². The van der Waals surface area contributed by atoms with Gasteiger partial charge in [0.2, 0.25) is 0 Å². The third kappa shape index (κ3) is 5.11. The maximum atomic E-state index is 12.6. The summed E-state index contributed by atoms with van der Waals surface area (Å²) in [5.41, 5.74) is 2.79. The van der Waals surface area contributed by atoms with Gasteiger partial charge in [0.05, 0.1) is 5.69 Å². The van der Waals surface area contributed by atoms with E-state index in [-0.39, 0.29) is 5.91 Å². The number of hydrogen-bond donors (Lipinski definition) is 1. The molecule has 138 valence electrons. The lowest BCUT2D eigenvalue weighted by Crippen LogP contribution is -2.30. The fourth-order valence-corrected chi connectivity index (χ4v) is 2.77. The van der Waals surface area contributed by atoms with Crippen LogP contribution in [0.3, 0.4) is 0 Å². The summed E-state index contributed by atoms with van der Waals surface area (Å²) >= 11 is 0. The van der Waals surface area contributed by atoms with E-state index in [9.17, 15) is 4.79 Å². The van der Waals surface area contributed by atoms with Crippen LogP contribution in [-0.4, -0.2) is 12.0 Å². The fourth-order valence-electron chi connectivity index (χ4n) is 2.77. The molecule has 0 saturated heterocycles. The Kier molecular flexibility index (Phi) is 5.77. The van der Waals surface area contributed by atoms with Crippen molar-refractivity contribution in [3.05, 3.63) is 83.9 Å². The molecule has 0 aliphatic heterocycles. The zero-order valence-corrected chi connectivity index (χ0v) is 15.7. The molecule has 1 atom stereocenters. The minimum absolute atomic E-state index is 0.238. The van der Waals surface area contributed by atoms with Gasteiger partial charge >= 0.3 is 0 Å². The van der Waals surface area contributed by atoms with E-state index in [0.29, 0.717) is 22.9 Å². The Bertz CT molecular complexity index is 902. The molecule has 3 aromatic carbocycles. The predicted molar refractivity (Wildman–Crippen MR) is 108 cm³/mol. The van der Waals surface area contributed by atoms with Gasteiger partial charge in [0.25, 0.3) is 5.91 Å². The fraction of sp³-hybridized carbons (Fsp3) is 0.174. The van der Waals surface area contributed by atoms with Crippen molar-refractivity contribution in [1.82, 2.24) is 0 Å². The Morgan fingerprint density at radius 2 is 1.48 bits per heavy atom. The first-order valence-electron chi connectivity index (χ1n) is 8.89. The highest BCUT2D eigenvalue weighted by molar-refractivity contribution is 5.95. The number of para-hydroxylation sites is 3. The molecule has 0 unspecified atom stereocenters. The van der Waals surface area contributed by atoms with Gasteiger partial charge in [-0.15, -0.1) is 0 Å². The highest BCUT2D eigenvalue weighted by Gasteiger charge is 2.17. The van der Waals surface area contributed by atoms with Gasteiger partial charge in [-0.1, -0.05) is 36.4 Å². The molecule has 4 heteroatoms. The van der Waals surface area contributed by atoms with Gasteiger partial charge in [-0.2, -0.15) is 0 Å². The first-order chi connectivity index (χ1) is 13.0. The van der Waals surface area contributed by atoms with E-state index < -0.39 is 6.10 Å². The minimum atomic E-state index is -0.643. The van der Waals surface area contributed by atoms with Crippen molar-refractivity contribution in [2.75, 3.05) is 5.32 Å². The number of aryl methyl sites for hydroxylation is 2. The number of hydrogen-bond acceptors (Lipinski definition) is 3. The summed E-state index contributed by atoms with van der Waals surface area (Å²) in [7, 11) is 0. The van der Waals surface area contributed by atoms with Gasteiger partial charge in [-0.25, -0.2) is 0 Å². The average Bonchev–Trinajstić information content (AvgIpc) is 2.63. The summed E-state index contributed by atoms with van der Waals surface area (Å²) in [6.45, 7) is 5.73. The van der Waals surface area contributed by atoms with Crippen molar-refractivity contribution in [3.63, 3.8) is 0 Å². The summed E-state index contributed by atoms with van der Waals surface area (Å²) in [6, 6.07) is 22.7. The van der Waals surface area contributed by atoms with Crippen molar-refractivity contribution in [2.24, 2.45) is 0 Å². The Morgan fingerprint density at radius 3 is 2.19 bits per heavy atom. The van der Waals surface area contributed by atoms with E-state index in [2.05, 4.69) is 11.4 Å². The molecular weight excluding hydrogens is 338 g/mol. The summed E-state index contributed by atoms with van der Waals surface area (Å²) in [6.07, 6.45) is -0.643. The SMILES string of the molecule is Cc1cc(C)cc(O[C@@H](C)C(=O)Nc2ccccc2Oc2ccccc2)c1. The van der Waals surface area contributed by atoms with E-state index in [0.717, 1.165) is 11.1 Å². The van der Waals surface area contributed by atoms with E-state index in [1.807, 2.05) is 74.5 Å². The number of benzene rings is 3. The lowest BCUT2D eigenvalue weighted by molar-refractivity contribution is -0.122. The zero-order valence-electron chi connectivity index (χ0n) is 15.7. The molecule has 1 N–H and O–H groups in total. The van der Waals surface area contributed by atoms with Gasteiger partial charge in [-0.05, 0) is 68.3 Å². The van der Waals surface area contributed by atoms with Crippen LogP contribution in [0.5, 0.6) is 17.2 Å². The maximum absolute atomic E-state index is 12.6. The molecule has 0 saturated carbocycles. The number of nitrogens with one attached hydrogen (secondary N) is 1. The van der Waals surface area contributed by atoms with Crippen LogP contribution in [0.4, 0.5) is 5.69 Å². The Labute approximate surface area is 159 Å². The molecule has 0 aliphatic carbocycles. The molecule has 0 aliphatic rings. The van der Waals surface area contributed by atoms with Crippen LogP contribution in [0.2, 0.25) is 0 Å². The lowest BCUT2D eigenvalue weighted by Gasteiger charge is -2.17. The zero-order chi connectivity index (χ0) is 19.2. The molecule has 3 rings (SSSR count). The third-order valence-electron chi connectivity index (χ3n) is 3.99. The van der Waals surface area contributed by atoms with E-state index in [1.165, 1.54) is 0 Å². The molecule has 0 heterocycles. The minimum Gasteiger partial charge on any atom is -0.481 e. The summed E-state index contributed by atoms with van der Waals surface area (Å²) in [5, 5.41) is 2.89. The van der Waals surface area contributed by atoms with Crippen LogP contribution in [0.25, 0.3) is 0 Å². The average molecular weight is 361 g/mol. The molecule has 0 fully saturated rings. The first-order valence-corrected chi connectivity index (χ1v) is 8.89. The Balaban J connectivity index is 1.70. The molecule has 3 aromatic rings. The highest BCUT2D eigenvalue weighted by atomic mass is 16.5. The van der Waals surface area contributed by atoms with Gasteiger partial charge in [0.1, 0.15) is 11.5 Å². The van der Waals surface area contributed by atoms with Crippen LogP contribution < -0.4 is 14.8 Å². The van der Waals surface area contributed by atoms with Gasteiger partial charge in [0, 0.05) is 0 Å². The van der Waals surface area contributed by atoms with Gasteiger partial charge in [0.15, 0.2) is 11.9 Å². The van der Waals surface area contributed by atoms with Crippen LogP contribution in [0.1, 0.15) is 18.1 Å². The molecule has 27 heavy (non-hydrogen) atoms. The van der Waals surface area contributed by atoms with E-state index in [4.69, 9.17) is 9.47 Å². The van der Waals surface area contributed by atoms with E-state index >= 15 is 0 Å². The number of ether oxygens (including phenoxy) is 2. The van der Waals surface area contributed by atoms with E-state index in [1.54, 1.807) is 13.0 Å². The molecule has 0 bridgehead atoms. The molecule has 4 nitrogen and oxygen atoms in total. The van der Waals surface area contributed by atoms with Crippen molar-refractivity contribution >= 4 is 11.6 Å². The summed E-state index contributed by atoms with van der Waals surface area (Å²) in [4.78, 5) is 12.6. The van der Waals surface area contributed by atoms with Crippen molar-refractivity contribution < 1.29 is 14.3 Å². The monoisotopic (exact) mass is 361 g/mol. The molecular formula is C23H23NO3. The summed E-state index contributed by atoms with van der Waals surface area (Å²) < 4.78 is 11.7. The summed E-state index contributed by atoms with van der Waals surface area (Å²) in [5.74, 6) is 1.73. The van der Waals surface area contributed by atoms with Crippen LogP contribution >= 0.6 is 0 Å². The van der Waals surface area contributed by atoms with Crippen molar-refractivity contribution in [1.29, 1.82) is 0 Å². The number of rotatable bonds is 6. The quantitative estimate of drug-likeness (QED) is 0.630. The normalized spacial score (nSPS) is 11.5. The second-order valence-corrected chi connectivity index (χ2v) is 6.48. The second-order valence-electron chi connectivity index (χ2n) is 6.48. The lowest BCUT2D eigenvalue weighted by atomic mass is 10.1. The smallest absolute Gasteiger partial charge is 0.265 e. The molecule has 1 amide bonds. The third-order valence-corrected chi connectivity index (χ3v) is 3.99. The molecule has 0 spiro atoms. The van der Waals surface area contributed by atoms with Crippen LogP contribution in [0, 0.1) is 13.8 Å². The molecule has 0 radical (unpaired) electrons. The largest absolute Gasteiger partial charge is 0.481 e. The number of carbonyl (C=O) groups is 1. The van der Waals surface area contributed by atoms with Crippen molar-refractivity contribution in [3.8, 4) is 17.2 Å². The number of anilines is 1.